The van der Waals surface area contributed by atoms with Crippen molar-refractivity contribution in [3.8, 4) is 34.4 Å². The highest BCUT2D eigenvalue weighted by molar-refractivity contribution is 5.77. The van der Waals surface area contributed by atoms with E-state index in [1.807, 2.05) is 28.8 Å². The molecule has 0 aliphatic carbocycles. The van der Waals surface area contributed by atoms with Crippen LogP contribution in [-0.4, -0.2) is 38.0 Å². The Labute approximate surface area is 177 Å². The highest BCUT2D eigenvalue weighted by atomic mass is 19.1. The molecule has 0 amide bonds. The largest absolute Gasteiger partial charge is 0.467 e. The summed E-state index contributed by atoms with van der Waals surface area (Å²) in [5.74, 6) is 0.296. The van der Waals surface area contributed by atoms with E-state index in [4.69, 9.17) is 9.47 Å². The molecule has 7 nitrogen and oxygen atoms in total. The fraction of sp³-hybridized carbons (Fsp3) is 0.174. The van der Waals surface area contributed by atoms with Crippen LogP contribution in [0.25, 0.3) is 22.6 Å². The average Bonchev–Trinajstić information content (AvgIpc) is 3.24. The third kappa shape index (κ3) is 3.51. The first-order valence-corrected chi connectivity index (χ1v) is 9.78. The maximum Gasteiger partial charge on any atom is 0.316 e. The summed E-state index contributed by atoms with van der Waals surface area (Å²) < 4.78 is 26.3. The predicted molar refractivity (Wildman–Crippen MR) is 111 cm³/mol. The van der Waals surface area contributed by atoms with Crippen molar-refractivity contribution < 1.29 is 19.0 Å². The predicted octanol–water partition coefficient (Wildman–Crippen LogP) is 3.85. The summed E-state index contributed by atoms with van der Waals surface area (Å²) in [5, 5.41) is 10.3. The van der Waals surface area contributed by atoms with Gasteiger partial charge >= 0.3 is 6.01 Å². The molecule has 2 atom stereocenters. The summed E-state index contributed by atoms with van der Waals surface area (Å²) >= 11 is 0. The van der Waals surface area contributed by atoms with Crippen molar-refractivity contribution in [2.45, 2.75) is 18.8 Å². The Morgan fingerprint density at radius 1 is 1.10 bits per heavy atom. The molecule has 0 saturated heterocycles. The van der Waals surface area contributed by atoms with Crippen LogP contribution in [0.5, 0.6) is 11.8 Å². The highest BCUT2D eigenvalue weighted by Gasteiger charge is 2.31. The van der Waals surface area contributed by atoms with Gasteiger partial charge in [-0.05, 0) is 36.4 Å². The Morgan fingerprint density at radius 2 is 1.90 bits per heavy atom. The van der Waals surface area contributed by atoms with Crippen LogP contribution in [0.15, 0.2) is 67.1 Å². The molecule has 2 aromatic heterocycles. The van der Waals surface area contributed by atoms with Gasteiger partial charge < -0.3 is 19.1 Å². The summed E-state index contributed by atoms with van der Waals surface area (Å²) in [6, 6.07) is 15.5. The number of aliphatic hydroxyl groups excluding tert-OH is 1. The normalized spacial score (nSPS) is 17.6. The van der Waals surface area contributed by atoms with Gasteiger partial charge in [-0.25, -0.2) is 14.4 Å². The van der Waals surface area contributed by atoms with E-state index in [1.165, 1.54) is 19.2 Å². The topological polar surface area (TPSA) is 82.3 Å². The van der Waals surface area contributed by atoms with E-state index in [2.05, 4.69) is 15.0 Å². The summed E-state index contributed by atoms with van der Waals surface area (Å²) in [4.78, 5) is 13.2. The minimum atomic E-state index is -0.954. The number of rotatable bonds is 4. The van der Waals surface area contributed by atoms with Crippen molar-refractivity contribution in [1.29, 1.82) is 0 Å². The average molecular weight is 418 g/mol. The maximum absolute atomic E-state index is 13.5. The van der Waals surface area contributed by atoms with E-state index in [9.17, 15) is 9.50 Å². The number of halogens is 1. The van der Waals surface area contributed by atoms with Crippen LogP contribution in [0.3, 0.4) is 0 Å². The molecule has 4 aromatic rings. The van der Waals surface area contributed by atoms with E-state index in [0.29, 0.717) is 29.3 Å². The lowest BCUT2D eigenvalue weighted by molar-refractivity contribution is -0.0414. The second-order valence-electron chi connectivity index (χ2n) is 7.15. The number of fused-ring (bicyclic) bond motifs is 1. The van der Waals surface area contributed by atoms with Crippen molar-refractivity contribution in [2.75, 3.05) is 7.11 Å². The molecular formula is C23H19FN4O3. The van der Waals surface area contributed by atoms with Crippen LogP contribution in [0.4, 0.5) is 4.39 Å². The van der Waals surface area contributed by atoms with Crippen molar-refractivity contribution in [3.05, 3.63) is 78.5 Å². The number of aromatic nitrogens is 4. The van der Waals surface area contributed by atoms with Crippen LogP contribution < -0.4 is 9.47 Å². The van der Waals surface area contributed by atoms with Crippen molar-refractivity contribution in [1.82, 2.24) is 19.5 Å². The number of hydrogen-bond acceptors (Lipinski definition) is 6. The monoisotopic (exact) mass is 418 g/mol. The van der Waals surface area contributed by atoms with Gasteiger partial charge in [-0.3, -0.25) is 0 Å². The number of methoxy groups -OCH3 is 1. The Kier molecular flexibility index (Phi) is 4.83. The van der Waals surface area contributed by atoms with E-state index in [-0.39, 0.29) is 17.9 Å². The quantitative estimate of drug-likeness (QED) is 0.542. The summed E-state index contributed by atoms with van der Waals surface area (Å²) in [6.07, 6.45) is 2.71. The smallest absolute Gasteiger partial charge is 0.316 e. The lowest BCUT2D eigenvalue weighted by Crippen LogP contribution is -2.28. The number of para-hydroxylation sites is 1. The van der Waals surface area contributed by atoms with Gasteiger partial charge in [0.05, 0.1) is 36.6 Å². The molecule has 0 fully saturated rings. The number of ether oxygens (including phenoxy) is 2. The zero-order valence-corrected chi connectivity index (χ0v) is 16.6. The summed E-state index contributed by atoms with van der Waals surface area (Å²) in [7, 11) is 1.50. The fourth-order valence-corrected chi connectivity index (χ4v) is 3.88. The van der Waals surface area contributed by atoms with E-state index in [0.717, 1.165) is 11.1 Å². The molecule has 0 unspecified atom stereocenters. The van der Waals surface area contributed by atoms with Gasteiger partial charge in [0.15, 0.2) is 6.29 Å². The first kappa shape index (κ1) is 19.2. The van der Waals surface area contributed by atoms with Gasteiger partial charge in [0.1, 0.15) is 11.6 Å². The molecule has 0 spiro atoms. The zero-order valence-electron chi connectivity index (χ0n) is 16.6. The molecule has 0 bridgehead atoms. The fourth-order valence-electron chi connectivity index (χ4n) is 3.88. The molecule has 5 rings (SSSR count). The molecule has 8 heteroatoms. The second-order valence-corrected chi connectivity index (χ2v) is 7.15. The first-order chi connectivity index (χ1) is 15.1. The maximum atomic E-state index is 13.5. The van der Waals surface area contributed by atoms with Gasteiger partial charge in [0, 0.05) is 23.7 Å². The van der Waals surface area contributed by atoms with Gasteiger partial charge in [0.25, 0.3) is 0 Å². The zero-order chi connectivity index (χ0) is 21.4. The van der Waals surface area contributed by atoms with Crippen LogP contribution in [0.2, 0.25) is 0 Å². The Balaban J connectivity index is 1.72. The summed E-state index contributed by atoms with van der Waals surface area (Å²) in [5.41, 5.74) is 3.62. The lowest BCUT2D eigenvalue weighted by atomic mass is 9.98. The molecule has 3 heterocycles. The number of imidazole rings is 1. The van der Waals surface area contributed by atoms with Crippen LogP contribution in [-0.2, 0) is 0 Å². The number of aliphatic hydroxyl groups is 1. The molecule has 31 heavy (non-hydrogen) atoms. The Bertz CT molecular complexity index is 1230. The van der Waals surface area contributed by atoms with Gasteiger partial charge in [0.2, 0.25) is 0 Å². The van der Waals surface area contributed by atoms with Gasteiger partial charge in [-0.2, -0.15) is 4.98 Å². The standard InChI is InChI=1S/C23H19FN4O3/c1-30-23-25-11-10-17(27-23)22-21(14-6-8-15(24)9-7-14)26-13-28(22)18-12-20(29)31-19-5-3-2-4-16(18)19/h2-11,13,18,20,29H,12H2,1H3/t18-,20+/m0/s1. The minimum Gasteiger partial charge on any atom is -0.467 e. The highest BCUT2D eigenvalue weighted by Crippen LogP contribution is 2.41. The molecule has 0 radical (unpaired) electrons. The third-order valence-electron chi connectivity index (χ3n) is 5.27. The molecule has 1 aliphatic heterocycles. The summed E-state index contributed by atoms with van der Waals surface area (Å²) in [6.45, 7) is 0. The van der Waals surface area contributed by atoms with E-state index >= 15 is 0 Å². The van der Waals surface area contributed by atoms with Gasteiger partial charge in [-0.1, -0.05) is 18.2 Å². The van der Waals surface area contributed by atoms with Crippen molar-refractivity contribution in [3.63, 3.8) is 0 Å². The molecule has 1 N–H and O–H groups in total. The van der Waals surface area contributed by atoms with Gasteiger partial charge in [-0.15, -0.1) is 0 Å². The lowest BCUT2D eigenvalue weighted by Gasteiger charge is -2.31. The minimum absolute atomic E-state index is 0.225. The van der Waals surface area contributed by atoms with E-state index < -0.39 is 6.29 Å². The third-order valence-corrected chi connectivity index (χ3v) is 5.27. The number of hydrogen-bond donors (Lipinski definition) is 1. The van der Waals surface area contributed by atoms with Crippen molar-refractivity contribution in [2.24, 2.45) is 0 Å². The van der Waals surface area contributed by atoms with Crippen LogP contribution >= 0.6 is 0 Å². The van der Waals surface area contributed by atoms with Crippen LogP contribution in [0, 0.1) is 5.82 Å². The number of benzene rings is 2. The molecule has 0 saturated carbocycles. The SMILES string of the molecule is COc1nccc(-c2c(-c3ccc(F)cc3)ncn2[C@H]2C[C@H](O)Oc3ccccc32)n1. The van der Waals surface area contributed by atoms with Crippen LogP contribution in [0.1, 0.15) is 18.0 Å². The second kappa shape index (κ2) is 7.81. The molecule has 156 valence electrons. The Hall–Kier alpha value is -3.78. The molecular weight excluding hydrogens is 399 g/mol. The van der Waals surface area contributed by atoms with E-state index in [1.54, 1.807) is 30.7 Å². The number of nitrogens with zero attached hydrogens (tertiary/aromatic N) is 4. The Morgan fingerprint density at radius 3 is 2.71 bits per heavy atom. The first-order valence-electron chi connectivity index (χ1n) is 9.78. The molecule has 1 aliphatic rings. The molecule has 2 aromatic carbocycles. The van der Waals surface area contributed by atoms with Crippen molar-refractivity contribution >= 4 is 0 Å².